The van der Waals surface area contributed by atoms with Gasteiger partial charge in [-0.05, 0) is 65.5 Å². The molecule has 0 spiro atoms. The van der Waals surface area contributed by atoms with Crippen molar-refractivity contribution in [1.82, 2.24) is 4.40 Å². The van der Waals surface area contributed by atoms with Crippen LogP contribution in [-0.2, 0) is 13.5 Å². The number of aryl methyl sites for hydroxylation is 2. The lowest BCUT2D eigenvalue weighted by atomic mass is 9.94. The summed E-state index contributed by atoms with van der Waals surface area (Å²) in [6, 6.07) is 19.1. The van der Waals surface area contributed by atoms with Crippen LogP contribution in [0.2, 0.25) is 0 Å². The molecule has 6 aromatic rings. The van der Waals surface area contributed by atoms with Crippen LogP contribution >= 0.6 is 0 Å². The quantitative estimate of drug-likeness (QED) is 0.148. The van der Waals surface area contributed by atoms with E-state index in [1.54, 1.807) is 0 Å². The van der Waals surface area contributed by atoms with Gasteiger partial charge in [-0.25, -0.2) is 4.57 Å². The highest BCUT2D eigenvalue weighted by atomic mass is 15.0. The SMILES string of the molecule is Cc1ccc2c3cc(C(C)C)ccc3n3c4cc(CC5CCCC5)cc5cc[n+](C)c(c1c23)c54. The van der Waals surface area contributed by atoms with Gasteiger partial charge in [-0.3, -0.25) is 0 Å². The highest BCUT2D eigenvalue weighted by molar-refractivity contribution is 6.25. The predicted octanol–water partition coefficient (Wildman–Crippen LogP) is 7.98. The van der Waals surface area contributed by atoms with E-state index in [1.165, 1.54) is 97.8 Å². The second kappa shape index (κ2) is 7.18. The van der Waals surface area contributed by atoms with Crippen LogP contribution in [0.5, 0.6) is 0 Å². The molecule has 7 rings (SSSR count). The first-order valence-electron chi connectivity index (χ1n) is 13.0. The van der Waals surface area contributed by atoms with Gasteiger partial charge in [0.2, 0.25) is 5.52 Å². The van der Waals surface area contributed by atoms with Crippen LogP contribution in [-0.4, -0.2) is 4.40 Å². The van der Waals surface area contributed by atoms with Crippen LogP contribution in [0.1, 0.15) is 62.1 Å². The van der Waals surface area contributed by atoms with E-state index in [1.807, 2.05) is 0 Å². The number of aromatic nitrogens is 2. The zero-order valence-electron chi connectivity index (χ0n) is 20.8. The maximum absolute atomic E-state index is 2.59. The Kier molecular flexibility index (Phi) is 4.28. The number of pyridine rings is 2. The first kappa shape index (κ1) is 20.3. The van der Waals surface area contributed by atoms with Gasteiger partial charge in [-0.2, -0.15) is 0 Å². The summed E-state index contributed by atoms with van der Waals surface area (Å²) < 4.78 is 4.93. The third-order valence-electron chi connectivity index (χ3n) is 8.58. The molecule has 0 bridgehead atoms. The molecule has 2 heteroatoms. The molecule has 1 aliphatic rings. The van der Waals surface area contributed by atoms with Crippen LogP contribution < -0.4 is 4.57 Å². The Morgan fingerprint density at radius 2 is 1.74 bits per heavy atom. The highest BCUT2D eigenvalue weighted by Crippen LogP contribution is 2.42. The summed E-state index contributed by atoms with van der Waals surface area (Å²) >= 11 is 0. The van der Waals surface area contributed by atoms with Gasteiger partial charge in [0.1, 0.15) is 7.05 Å². The molecular weight excluding hydrogens is 412 g/mol. The van der Waals surface area contributed by atoms with Crippen molar-refractivity contribution >= 4 is 49.0 Å². The van der Waals surface area contributed by atoms with Gasteiger partial charge in [0, 0.05) is 16.8 Å². The molecule has 0 aliphatic heterocycles. The lowest BCUT2D eigenvalue weighted by molar-refractivity contribution is -0.643. The summed E-state index contributed by atoms with van der Waals surface area (Å²) in [4.78, 5) is 0. The molecular formula is C32H33N2+. The Balaban J connectivity index is 1.70. The first-order chi connectivity index (χ1) is 16.5. The summed E-state index contributed by atoms with van der Waals surface area (Å²) in [5.74, 6) is 1.37. The van der Waals surface area contributed by atoms with E-state index in [0.29, 0.717) is 5.92 Å². The summed E-state index contributed by atoms with van der Waals surface area (Å²) in [6.45, 7) is 6.86. The maximum Gasteiger partial charge on any atom is 0.224 e. The van der Waals surface area contributed by atoms with E-state index < -0.39 is 0 Å². The molecule has 1 saturated carbocycles. The van der Waals surface area contributed by atoms with E-state index in [-0.39, 0.29) is 0 Å². The number of nitrogens with zero attached hydrogens (tertiary/aromatic N) is 2. The smallest absolute Gasteiger partial charge is 0.224 e. The Bertz CT molecular complexity index is 1730. The van der Waals surface area contributed by atoms with Crippen molar-refractivity contribution in [2.75, 3.05) is 0 Å². The number of rotatable bonds is 3. The van der Waals surface area contributed by atoms with Gasteiger partial charge in [-0.15, -0.1) is 0 Å². The normalized spacial score (nSPS) is 15.4. The monoisotopic (exact) mass is 445 g/mol. The van der Waals surface area contributed by atoms with E-state index in [9.17, 15) is 0 Å². The number of hydrogen-bond donors (Lipinski definition) is 0. The van der Waals surface area contributed by atoms with E-state index in [0.717, 1.165) is 5.92 Å². The van der Waals surface area contributed by atoms with Crippen molar-refractivity contribution in [3.8, 4) is 0 Å². The minimum atomic E-state index is 0.522. The molecule has 0 amide bonds. The van der Waals surface area contributed by atoms with Gasteiger partial charge >= 0.3 is 0 Å². The molecule has 0 radical (unpaired) electrons. The molecule has 0 atom stereocenters. The lowest BCUT2D eigenvalue weighted by Crippen LogP contribution is -2.29. The largest absolute Gasteiger partial charge is 0.307 e. The fourth-order valence-electron chi connectivity index (χ4n) is 6.82. The topological polar surface area (TPSA) is 8.29 Å². The predicted molar refractivity (Wildman–Crippen MR) is 144 cm³/mol. The zero-order valence-corrected chi connectivity index (χ0v) is 20.8. The fourth-order valence-corrected chi connectivity index (χ4v) is 6.82. The summed E-state index contributed by atoms with van der Waals surface area (Å²) in [6.07, 6.45) is 9.05. The second-order valence-corrected chi connectivity index (χ2v) is 11.1. The average Bonchev–Trinajstić information content (AvgIpc) is 3.45. The highest BCUT2D eigenvalue weighted by Gasteiger charge is 2.25. The minimum absolute atomic E-state index is 0.522. The van der Waals surface area contributed by atoms with Crippen molar-refractivity contribution in [3.63, 3.8) is 0 Å². The van der Waals surface area contributed by atoms with E-state index in [4.69, 9.17) is 0 Å². The molecule has 0 saturated heterocycles. The molecule has 2 nitrogen and oxygen atoms in total. The van der Waals surface area contributed by atoms with Crippen LogP contribution in [0.15, 0.2) is 54.7 Å². The standard InChI is InChI=1S/C32H33N2/c1-19(2)23-10-12-27-26(18-23)25-11-9-20(3)29-31(25)34(27)28-17-22(15-21-7-5-6-8-21)16-24-13-14-33(4)32(29)30(24)28/h9-14,16-19,21H,5-8,15H2,1-4H3/q+1. The van der Waals surface area contributed by atoms with Gasteiger partial charge in [0.25, 0.3) is 0 Å². The van der Waals surface area contributed by atoms with Crippen molar-refractivity contribution in [2.45, 2.75) is 58.8 Å². The molecule has 0 unspecified atom stereocenters. The second-order valence-electron chi connectivity index (χ2n) is 11.1. The van der Waals surface area contributed by atoms with Crippen LogP contribution in [0, 0.1) is 12.8 Å². The minimum Gasteiger partial charge on any atom is -0.307 e. The van der Waals surface area contributed by atoms with Crippen molar-refractivity contribution < 1.29 is 4.57 Å². The summed E-state index contributed by atoms with van der Waals surface area (Å²) in [5, 5.41) is 6.92. The Morgan fingerprint density at radius 3 is 2.53 bits per heavy atom. The van der Waals surface area contributed by atoms with Crippen molar-refractivity contribution in [3.05, 3.63) is 71.4 Å². The molecule has 3 heterocycles. The fraction of sp³-hybridized carbons (Fsp3) is 0.344. The van der Waals surface area contributed by atoms with E-state index >= 15 is 0 Å². The maximum atomic E-state index is 2.59. The van der Waals surface area contributed by atoms with Gasteiger partial charge < -0.3 is 4.40 Å². The third-order valence-corrected chi connectivity index (χ3v) is 8.58. The summed E-state index contributed by atoms with van der Waals surface area (Å²) in [5.41, 5.74) is 9.71. The van der Waals surface area contributed by atoms with Crippen LogP contribution in [0.4, 0.5) is 0 Å². The number of hydrogen-bond acceptors (Lipinski definition) is 0. The lowest BCUT2D eigenvalue weighted by Gasteiger charge is -2.15. The number of fused-ring (bicyclic) bond motifs is 5. The summed E-state index contributed by atoms with van der Waals surface area (Å²) in [7, 11) is 2.21. The van der Waals surface area contributed by atoms with Gasteiger partial charge in [0.05, 0.1) is 27.3 Å². The van der Waals surface area contributed by atoms with Crippen molar-refractivity contribution in [1.29, 1.82) is 0 Å². The molecule has 0 N–H and O–H groups in total. The third kappa shape index (κ3) is 2.72. The van der Waals surface area contributed by atoms with E-state index in [2.05, 4.69) is 91.5 Å². The molecule has 3 aromatic heterocycles. The Morgan fingerprint density at radius 1 is 0.912 bits per heavy atom. The number of benzene rings is 3. The molecule has 3 aromatic carbocycles. The van der Waals surface area contributed by atoms with Crippen LogP contribution in [0.25, 0.3) is 49.0 Å². The Hall–Kier alpha value is -3.13. The van der Waals surface area contributed by atoms with Crippen molar-refractivity contribution in [2.24, 2.45) is 13.0 Å². The molecule has 34 heavy (non-hydrogen) atoms. The average molecular weight is 446 g/mol. The van der Waals surface area contributed by atoms with Gasteiger partial charge in [-0.1, -0.05) is 63.8 Å². The molecule has 1 fully saturated rings. The molecule has 1 aliphatic carbocycles. The Labute approximate surface area is 201 Å². The van der Waals surface area contributed by atoms with Gasteiger partial charge in [0.15, 0.2) is 6.20 Å². The molecule has 170 valence electrons. The van der Waals surface area contributed by atoms with Crippen LogP contribution in [0.3, 0.4) is 0 Å². The zero-order chi connectivity index (χ0) is 23.1. The first-order valence-corrected chi connectivity index (χ1v) is 13.0.